The van der Waals surface area contributed by atoms with Crippen LogP contribution in [0, 0.1) is 6.92 Å². The summed E-state index contributed by atoms with van der Waals surface area (Å²) in [5.74, 6) is 0.143. The number of ether oxygens (including phenoxy) is 1. The van der Waals surface area contributed by atoms with Crippen molar-refractivity contribution in [3.8, 4) is 17.2 Å². The van der Waals surface area contributed by atoms with E-state index in [1.807, 2.05) is 13.0 Å². The number of fused-ring (bicyclic) bond motifs is 1. The minimum atomic E-state index is -1.10. The van der Waals surface area contributed by atoms with Crippen LogP contribution in [0.15, 0.2) is 36.4 Å². The summed E-state index contributed by atoms with van der Waals surface area (Å²) in [6.07, 6.45) is 2.69. The molecule has 1 aliphatic rings. The zero-order chi connectivity index (χ0) is 19.1. The highest BCUT2D eigenvalue weighted by Crippen LogP contribution is 2.41. The molecule has 5 heteroatoms. The summed E-state index contributed by atoms with van der Waals surface area (Å²) in [6, 6.07) is 8.16. The van der Waals surface area contributed by atoms with E-state index >= 15 is 0 Å². The average molecular weight is 354 g/mol. The van der Waals surface area contributed by atoms with Gasteiger partial charge in [0.25, 0.3) is 0 Å². The molecule has 26 heavy (non-hydrogen) atoms. The van der Waals surface area contributed by atoms with E-state index in [2.05, 4.69) is 0 Å². The zero-order valence-electron chi connectivity index (χ0n) is 15.0. The molecule has 136 valence electrons. The van der Waals surface area contributed by atoms with E-state index in [1.165, 1.54) is 18.2 Å². The van der Waals surface area contributed by atoms with Crippen molar-refractivity contribution >= 4 is 11.9 Å². The van der Waals surface area contributed by atoms with Gasteiger partial charge in [-0.15, -0.1) is 0 Å². The molecule has 0 spiro atoms. The molecular weight excluding hydrogens is 332 g/mol. The lowest BCUT2D eigenvalue weighted by molar-refractivity contribution is -0.0231. The molecule has 0 saturated carbocycles. The molecule has 1 heterocycles. The van der Waals surface area contributed by atoms with E-state index in [0.29, 0.717) is 28.9 Å². The second-order valence-electron chi connectivity index (χ2n) is 7.16. The largest absolute Gasteiger partial charge is 0.508 e. The predicted octanol–water partition coefficient (Wildman–Crippen LogP) is 3.38. The van der Waals surface area contributed by atoms with E-state index in [0.717, 1.165) is 5.56 Å². The Labute approximate surface area is 152 Å². The zero-order valence-corrected chi connectivity index (χ0v) is 15.0. The third-order valence-corrected chi connectivity index (χ3v) is 4.54. The predicted molar refractivity (Wildman–Crippen MR) is 98.7 cm³/mol. The summed E-state index contributed by atoms with van der Waals surface area (Å²) in [5, 5.41) is 30.2. The van der Waals surface area contributed by atoms with Crippen LogP contribution in [-0.4, -0.2) is 32.8 Å². The number of benzene rings is 2. The van der Waals surface area contributed by atoms with E-state index < -0.39 is 11.7 Å². The lowest BCUT2D eigenvalue weighted by Crippen LogP contribution is -2.39. The van der Waals surface area contributed by atoms with Crippen LogP contribution in [-0.2, 0) is 6.42 Å². The number of carbonyl (C=O) groups is 1. The van der Waals surface area contributed by atoms with E-state index in [4.69, 9.17) is 4.74 Å². The van der Waals surface area contributed by atoms with Gasteiger partial charge in [0.05, 0.1) is 11.2 Å². The Morgan fingerprint density at radius 2 is 1.92 bits per heavy atom. The van der Waals surface area contributed by atoms with Gasteiger partial charge >= 0.3 is 0 Å². The number of hydrogen-bond donors (Lipinski definition) is 3. The fourth-order valence-electron chi connectivity index (χ4n) is 2.96. The number of allylic oxidation sites excluding steroid dienone is 1. The van der Waals surface area contributed by atoms with Gasteiger partial charge in [0.1, 0.15) is 23.4 Å². The van der Waals surface area contributed by atoms with Gasteiger partial charge in [0, 0.05) is 17.5 Å². The maximum atomic E-state index is 12.6. The Morgan fingerprint density at radius 1 is 1.19 bits per heavy atom. The quantitative estimate of drug-likeness (QED) is 0.579. The number of hydrogen-bond acceptors (Lipinski definition) is 5. The number of rotatable bonds is 4. The molecule has 2 aromatic rings. The number of carbonyl (C=O) groups excluding carboxylic acids is 1. The van der Waals surface area contributed by atoms with Crippen molar-refractivity contribution in [2.75, 3.05) is 0 Å². The average Bonchev–Trinajstić information content (AvgIpc) is 3.00. The molecule has 0 bridgehead atoms. The smallest absolute Gasteiger partial charge is 0.189 e. The van der Waals surface area contributed by atoms with Gasteiger partial charge in [0.15, 0.2) is 5.78 Å². The normalized spacial score (nSPS) is 16.5. The summed E-state index contributed by atoms with van der Waals surface area (Å²) >= 11 is 0. The molecule has 3 N–H and O–H groups in total. The monoisotopic (exact) mass is 354 g/mol. The van der Waals surface area contributed by atoms with Gasteiger partial charge in [-0.25, -0.2) is 0 Å². The molecule has 3 rings (SSSR count). The van der Waals surface area contributed by atoms with Crippen molar-refractivity contribution in [2.24, 2.45) is 0 Å². The first-order valence-corrected chi connectivity index (χ1v) is 8.42. The van der Waals surface area contributed by atoms with Crippen LogP contribution in [0.4, 0.5) is 0 Å². The van der Waals surface area contributed by atoms with Crippen molar-refractivity contribution in [1.29, 1.82) is 0 Å². The van der Waals surface area contributed by atoms with Crippen LogP contribution in [0.1, 0.15) is 40.9 Å². The highest BCUT2D eigenvalue weighted by atomic mass is 16.5. The van der Waals surface area contributed by atoms with E-state index in [1.54, 1.807) is 32.1 Å². The van der Waals surface area contributed by atoms with Crippen molar-refractivity contribution in [3.05, 3.63) is 58.7 Å². The van der Waals surface area contributed by atoms with Gasteiger partial charge in [-0.3, -0.25) is 4.79 Å². The lowest BCUT2D eigenvalue weighted by Gasteiger charge is -2.24. The SMILES string of the molecule is Cc1ccc(/C=C/C(=O)c2ccc(O)c3c2OC(C(C)(C)O)C3)c(O)c1. The summed E-state index contributed by atoms with van der Waals surface area (Å²) in [5.41, 5.74) is 1.19. The summed E-state index contributed by atoms with van der Waals surface area (Å²) in [4.78, 5) is 12.6. The maximum absolute atomic E-state index is 12.6. The van der Waals surface area contributed by atoms with Crippen molar-refractivity contribution in [2.45, 2.75) is 38.9 Å². The molecule has 0 amide bonds. The van der Waals surface area contributed by atoms with Crippen LogP contribution in [0.5, 0.6) is 17.2 Å². The summed E-state index contributed by atoms with van der Waals surface area (Å²) in [7, 11) is 0. The van der Waals surface area contributed by atoms with Crippen molar-refractivity contribution in [1.82, 2.24) is 0 Å². The molecule has 5 nitrogen and oxygen atoms in total. The first-order chi connectivity index (χ1) is 12.2. The Kier molecular flexibility index (Phi) is 4.50. The number of phenols is 2. The highest BCUT2D eigenvalue weighted by molar-refractivity contribution is 6.09. The van der Waals surface area contributed by atoms with Gasteiger partial charge in [-0.1, -0.05) is 12.1 Å². The molecule has 1 unspecified atom stereocenters. The van der Waals surface area contributed by atoms with E-state index in [9.17, 15) is 20.1 Å². The van der Waals surface area contributed by atoms with Crippen LogP contribution < -0.4 is 4.74 Å². The maximum Gasteiger partial charge on any atom is 0.189 e. The minimum Gasteiger partial charge on any atom is -0.508 e. The molecule has 0 aromatic heterocycles. The Balaban J connectivity index is 1.90. The summed E-state index contributed by atoms with van der Waals surface area (Å²) < 4.78 is 5.78. The Morgan fingerprint density at radius 3 is 2.58 bits per heavy atom. The van der Waals surface area contributed by atoms with Crippen molar-refractivity contribution in [3.63, 3.8) is 0 Å². The summed E-state index contributed by atoms with van der Waals surface area (Å²) in [6.45, 7) is 5.12. The van der Waals surface area contributed by atoms with Gasteiger partial charge < -0.3 is 20.1 Å². The van der Waals surface area contributed by atoms with Gasteiger partial charge in [0.2, 0.25) is 0 Å². The number of phenolic OH excluding ortho intramolecular Hbond substituents is 2. The second kappa shape index (κ2) is 6.50. The van der Waals surface area contributed by atoms with Crippen molar-refractivity contribution < 1.29 is 24.9 Å². The molecular formula is C21H22O5. The Hall–Kier alpha value is -2.79. The number of aromatic hydroxyl groups is 2. The van der Waals surface area contributed by atoms with Crippen LogP contribution >= 0.6 is 0 Å². The van der Waals surface area contributed by atoms with Crippen LogP contribution in [0.3, 0.4) is 0 Å². The standard InChI is InChI=1S/C21H22O5/c1-12-4-5-13(18(24)10-12)6-8-16(22)14-7-9-17(23)15-11-19(21(2,3)25)26-20(14)15/h4-10,19,23-25H,11H2,1-3H3/b8-6+. The molecule has 0 saturated heterocycles. The third kappa shape index (κ3) is 3.44. The van der Waals surface area contributed by atoms with Gasteiger partial charge in [-0.2, -0.15) is 0 Å². The third-order valence-electron chi connectivity index (χ3n) is 4.54. The lowest BCUT2D eigenvalue weighted by atomic mass is 9.96. The molecule has 1 atom stereocenters. The molecule has 0 radical (unpaired) electrons. The fraction of sp³-hybridized carbons (Fsp3) is 0.286. The fourth-order valence-corrected chi connectivity index (χ4v) is 2.96. The molecule has 1 aliphatic heterocycles. The second-order valence-corrected chi connectivity index (χ2v) is 7.16. The minimum absolute atomic E-state index is 0.0449. The molecule has 0 fully saturated rings. The number of aryl methyl sites for hydroxylation is 1. The highest BCUT2D eigenvalue weighted by Gasteiger charge is 2.38. The molecule has 0 aliphatic carbocycles. The number of ketones is 1. The van der Waals surface area contributed by atoms with Gasteiger partial charge in [-0.05, 0) is 56.7 Å². The Bertz CT molecular complexity index is 890. The van der Waals surface area contributed by atoms with Crippen LogP contribution in [0.25, 0.3) is 6.08 Å². The molecule has 2 aromatic carbocycles. The first kappa shape index (κ1) is 18.0. The van der Waals surface area contributed by atoms with Crippen LogP contribution in [0.2, 0.25) is 0 Å². The number of aliphatic hydroxyl groups is 1. The topological polar surface area (TPSA) is 87.0 Å². The first-order valence-electron chi connectivity index (χ1n) is 8.42. The van der Waals surface area contributed by atoms with E-state index in [-0.39, 0.29) is 17.3 Å².